The molecular weight excluding hydrogens is 465 g/mol. The number of hydrogen-bond acceptors (Lipinski definition) is 7. The normalized spacial score (nSPS) is 14.3. The molecule has 3 aromatic rings. The Morgan fingerprint density at radius 3 is 2.51 bits per heavy atom. The van der Waals surface area contributed by atoms with Crippen molar-refractivity contribution in [1.29, 1.82) is 0 Å². The number of nitrogens with one attached hydrogen (secondary N) is 1. The number of ether oxygens (including phenoxy) is 2. The first-order valence-corrected chi connectivity index (χ1v) is 11.0. The highest BCUT2D eigenvalue weighted by Crippen LogP contribution is 2.36. The summed E-state index contributed by atoms with van der Waals surface area (Å²) in [5, 5.41) is 6.88. The highest BCUT2D eigenvalue weighted by atomic mass is 19.4. The quantitative estimate of drug-likeness (QED) is 0.503. The summed E-state index contributed by atoms with van der Waals surface area (Å²) in [7, 11) is 0. The van der Waals surface area contributed by atoms with E-state index in [0.29, 0.717) is 37.6 Å². The molecule has 0 unspecified atom stereocenters. The summed E-state index contributed by atoms with van der Waals surface area (Å²) in [6.45, 7) is 5.79. The first-order chi connectivity index (χ1) is 16.7. The van der Waals surface area contributed by atoms with Gasteiger partial charge in [0.25, 0.3) is 5.91 Å². The predicted molar refractivity (Wildman–Crippen MR) is 121 cm³/mol. The van der Waals surface area contributed by atoms with Gasteiger partial charge in [0.05, 0.1) is 25.1 Å². The van der Waals surface area contributed by atoms with E-state index in [2.05, 4.69) is 20.4 Å². The molecule has 0 atom stereocenters. The van der Waals surface area contributed by atoms with E-state index in [0.717, 1.165) is 6.20 Å². The minimum Gasteiger partial charge on any atom is -0.473 e. The number of amides is 1. The van der Waals surface area contributed by atoms with Gasteiger partial charge in [0.15, 0.2) is 6.73 Å². The van der Waals surface area contributed by atoms with Gasteiger partial charge in [0.1, 0.15) is 11.3 Å². The summed E-state index contributed by atoms with van der Waals surface area (Å²) in [6.07, 6.45) is -1.02. The van der Waals surface area contributed by atoms with Crippen LogP contribution in [0.4, 0.5) is 19.1 Å². The molecule has 0 aliphatic carbocycles. The molecule has 9 nitrogen and oxygen atoms in total. The second-order valence-corrected chi connectivity index (χ2v) is 8.15. The number of aromatic nitrogens is 4. The van der Waals surface area contributed by atoms with Crippen molar-refractivity contribution in [1.82, 2.24) is 24.6 Å². The SMILES string of the molecule is CC(C)n1cc(-c2nc(NCOc3ccc(C(=O)N4CCOCC4)cc3)ncc2C(F)(F)F)cn1. The monoisotopic (exact) mass is 490 g/mol. The van der Waals surface area contributed by atoms with Crippen LogP contribution in [-0.4, -0.2) is 63.6 Å². The molecular formula is C23H25F3N6O3. The molecule has 0 spiro atoms. The summed E-state index contributed by atoms with van der Waals surface area (Å²) >= 11 is 0. The van der Waals surface area contributed by atoms with Gasteiger partial charge in [-0.3, -0.25) is 9.48 Å². The number of carbonyl (C=O) groups excluding carboxylic acids is 1. The maximum absolute atomic E-state index is 13.5. The van der Waals surface area contributed by atoms with E-state index in [-0.39, 0.29) is 35.9 Å². The van der Waals surface area contributed by atoms with E-state index in [1.165, 1.54) is 12.4 Å². The van der Waals surface area contributed by atoms with Gasteiger partial charge in [-0.05, 0) is 38.1 Å². The second-order valence-electron chi connectivity index (χ2n) is 8.15. The van der Waals surface area contributed by atoms with Gasteiger partial charge < -0.3 is 19.7 Å². The lowest BCUT2D eigenvalue weighted by atomic mass is 10.1. The Kier molecular flexibility index (Phi) is 7.20. The molecule has 1 saturated heterocycles. The Balaban J connectivity index is 1.41. The molecule has 1 N–H and O–H groups in total. The summed E-state index contributed by atoms with van der Waals surface area (Å²) in [6, 6.07) is 6.60. The number of alkyl halides is 3. The molecule has 0 saturated carbocycles. The van der Waals surface area contributed by atoms with E-state index in [1.54, 1.807) is 33.8 Å². The van der Waals surface area contributed by atoms with Gasteiger partial charge in [-0.25, -0.2) is 9.97 Å². The minimum absolute atomic E-state index is 0.0125. The van der Waals surface area contributed by atoms with E-state index in [1.807, 2.05) is 13.8 Å². The van der Waals surface area contributed by atoms with Crippen LogP contribution in [0.2, 0.25) is 0 Å². The minimum atomic E-state index is -4.62. The van der Waals surface area contributed by atoms with Crippen LogP contribution in [0.15, 0.2) is 42.9 Å². The van der Waals surface area contributed by atoms with Gasteiger partial charge in [0.2, 0.25) is 5.95 Å². The predicted octanol–water partition coefficient (Wildman–Crippen LogP) is 3.86. The summed E-state index contributed by atoms with van der Waals surface area (Å²) < 4.78 is 53.0. The zero-order valence-electron chi connectivity index (χ0n) is 19.2. The highest BCUT2D eigenvalue weighted by Gasteiger charge is 2.36. The molecule has 0 radical (unpaired) electrons. The first kappa shape index (κ1) is 24.5. The highest BCUT2D eigenvalue weighted by molar-refractivity contribution is 5.94. The van der Waals surface area contributed by atoms with Crippen molar-refractivity contribution < 1.29 is 27.4 Å². The van der Waals surface area contributed by atoms with E-state index in [9.17, 15) is 18.0 Å². The number of morpholine rings is 1. The average Bonchev–Trinajstić information content (AvgIpc) is 3.35. The van der Waals surface area contributed by atoms with Gasteiger partial charge >= 0.3 is 6.18 Å². The molecule has 1 aromatic carbocycles. The molecule has 12 heteroatoms. The Bertz CT molecular complexity index is 1160. The van der Waals surface area contributed by atoms with Crippen molar-refractivity contribution in [3.8, 4) is 17.0 Å². The summed E-state index contributed by atoms with van der Waals surface area (Å²) in [5.74, 6) is 0.371. The van der Waals surface area contributed by atoms with Gasteiger partial charge in [-0.2, -0.15) is 18.3 Å². The van der Waals surface area contributed by atoms with Crippen molar-refractivity contribution in [2.24, 2.45) is 0 Å². The van der Waals surface area contributed by atoms with Gasteiger partial charge in [-0.1, -0.05) is 0 Å². The Morgan fingerprint density at radius 2 is 1.89 bits per heavy atom. The lowest BCUT2D eigenvalue weighted by molar-refractivity contribution is -0.137. The maximum Gasteiger partial charge on any atom is 0.419 e. The third-order valence-corrected chi connectivity index (χ3v) is 5.37. The van der Waals surface area contributed by atoms with Crippen molar-refractivity contribution in [3.63, 3.8) is 0 Å². The van der Waals surface area contributed by atoms with Crippen LogP contribution in [0.1, 0.15) is 35.8 Å². The molecule has 3 heterocycles. The summed E-state index contributed by atoms with van der Waals surface area (Å²) in [4.78, 5) is 22.1. The molecule has 186 valence electrons. The Labute approximate surface area is 199 Å². The maximum atomic E-state index is 13.5. The largest absolute Gasteiger partial charge is 0.473 e. The van der Waals surface area contributed by atoms with Crippen molar-refractivity contribution in [2.45, 2.75) is 26.1 Å². The van der Waals surface area contributed by atoms with Crippen LogP contribution >= 0.6 is 0 Å². The van der Waals surface area contributed by atoms with Crippen molar-refractivity contribution >= 4 is 11.9 Å². The molecule has 35 heavy (non-hydrogen) atoms. The van der Waals surface area contributed by atoms with Gasteiger partial charge in [-0.15, -0.1) is 0 Å². The zero-order valence-corrected chi connectivity index (χ0v) is 19.2. The third-order valence-electron chi connectivity index (χ3n) is 5.37. The van der Waals surface area contributed by atoms with E-state index < -0.39 is 11.7 Å². The molecule has 1 amide bonds. The van der Waals surface area contributed by atoms with Crippen LogP contribution in [0.5, 0.6) is 5.75 Å². The van der Waals surface area contributed by atoms with Crippen LogP contribution in [0.25, 0.3) is 11.3 Å². The number of anilines is 1. The molecule has 4 rings (SSSR count). The lowest BCUT2D eigenvalue weighted by Gasteiger charge is -2.26. The number of carbonyl (C=O) groups is 1. The first-order valence-electron chi connectivity index (χ1n) is 11.0. The number of hydrogen-bond donors (Lipinski definition) is 1. The molecule has 2 aromatic heterocycles. The topological polar surface area (TPSA) is 94.4 Å². The molecule has 1 fully saturated rings. The molecule has 1 aliphatic heterocycles. The molecule has 0 bridgehead atoms. The van der Waals surface area contributed by atoms with Gasteiger partial charge in [0, 0.05) is 42.7 Å². The Morgan fingerprint density at radius 1 is 1.17 bits per heavy atom. The number of nitrogens with zero attached hydrogens (tertiary/aromatic N) is 5. The van der Waals surface area contributed by atoms with E-state index in [4.69, 9.17) is 9.47 Å². The van der Waals surface area contributed by atoms with Crippen molar-refractivity contribution in [2.75, 3.05) is 38.4 Å². The van der Waals surface area contributed by atoms with E-state index >= 15 is 0 Å². The van der Waals surface area contributed by atoms with Crippen LogP contribution in [0.3, 0.4) is 0 Å². The third kappa shape index (κ3) is 5.88. The molecule has 1 aliphatic rings. The lowest BCUT2D eigenvalue weighted by Crippen LogP contribution is -2.40. The average molecular weight is 490 g/mol. The van der Waals surface area contributed by atoms with Crippen LogP contribution in [-0.2, 0) is 10.9 Å². The summed E-state index contributed by atoms with van der Waals surface area (Å²) in [5.41, 5.74) is -0.455. The standard InChI is InChI=1S/C23H25F3N6O3/c1-15(2)32-13-17(11-29-32)20-19(23(24,25)26)12-27-22(30-20)28-14-35-18-5-3-16(4-6-18)21(33)31-7-9-34-10-8-31/h3-6,11-13,15H,7-10,14H2,1-2H3,(H,27,28,30). The number of benzene rings is 1. The fourth-order valence-corrected chi connectivity index (χ4v) is 3.46. The smallest absolute Gasteiger partial charge is 0.419 e. The number of halogens is 3. The van der Waals surface area contributed by atoms with Crippen LogP contribution in [0, 0.1) is 0 Å². The van der Waals surface area contributed by atoms with Crippen molar-refractivity contribution in [3.05, 3.63) is 54.0 Å². The Hall–Kier alpha value is -3.67. The zero-order chi connectivity index (χ0) is 25.0. The second kappa shape index (κ2) is 10.3. The fourth-order valence-electron chi connectivity index (χ4n) is 3.46. The fraction of sp³-hybridized carbons (Fsp3) is 0.391. The number of rotatable bonds is 7. The van der Waals surface area contributed by atoms with Crippen LogP contribution < -0.4 is 10.1 Å².